The number of carbonyl (C=O) groups is 2. The van der Waals surface area contributed by atoms with Crippen LogP contribution in [-0.4, -0.2) is 23.6 Å². The molecule has 0 aromatic carbocycles. The zero-order valence-electron chi connectivity index (χ0n) is 22.0. The molecule has 0 bridgehead atoms. The first kappa shape index (κ1) is 22.1. The van der Waals surface area contributed by atoms with E-state index in [-0.39, 0.29) is 28.3 Å². The lowest BCUT2D eigenvalue weighted by Crippen LogP contribution is -2.57. The molecule has 4 heteroatoms. The first-order valence-corrected chi connectivity index (χ1v) is 14.0. The fourth-order valence-electron chi connectivity index (χ4n) is 12.0. The molecule has 0 unspecified atom stereocenters. The van der Waals surface area contributed by atoms with E-state index in [0.29, 0.717) is 39.9 Å². The van der Waals surface area contributed by atoms with Crippen molar-refractivity contribution < 1.29 is 19.1 Å². The summed E-state index contributed by atoms with van der Waals surface area (Å²) in [6, 6.07) is 0. The minimum atomic E-state index is -0.841. The summed E-state index contributed by atoms with van der Waals surface area (Å²) in [7, 11) is 0. The Morgan fingerprint density at radius 2 is 1.62 bits per heavy atom. The van der Waals surface area contributed by atoms with Crippen molar-refractivity contribution in [3.63, 3.8) is 0 Å². The first-order valence-electron chi connectivity index (χ1n) is 14.0. The molecular weight excluding hydrogens is 424 g/mol. The largest absolute Gasteiger partial charge is 0.426 e. The maximum atomic E-state index is 12.9. The van der Waals surface area contributed by atoms with Crippen LogP contribution in [0, 0.1) is 50.7 Å². The first-order chi connectivity index (χ1) is 15.8. The van der Waals surface area contributed by atoms with Crippen molar-refractivity contribution in [3.05, 3.63) is 11.6 Å². The van der Waals surface area contributed by atoms with Crippen molar-refractivity contribution in [2.45, 2.75) is 111 Å². The SMILES string of the molecule is CC1=C[C@@]2(C[C@@H](C)[C@H]3[C@@H](C[C@@]4(C)[C@@H]5CC[C@H]6C(C)(C)C(=O)CC[C@@]67C[C@@]57CC[C@]34C)O2)OC1=O. The van der Waals surface area contributed by atoms with Gasteiger partial charge in [0.2, 0.25) is 5.79 Å². The highest BCUT2D eigenvalue weighted by molar-refractivity contribution is 5.90. The second-order valence-corrected chi connectivity index (χ2v) is 14.7. The van der Waals surface area contributed by atoms with Crippen molar-refractivity contribution in [1.82, 2.24) is 0 Å². The van der Waals surface area contributed by atoms with Gasteiger partial charge in [-0.2, -0.15) is 0 Å². The van der Waals surface area contributed by atoms with Crippen LogP contribution < -0.4 is 0 Å². The van der Waals surface area contributed by atoms with Gasteiger partial charge in [0.1, 0.15) is 5.78 Å². The molecule has 186 valence electrons. The van der Waals surface area contributed by atoms with Gasteiger partial charge < -0.3 is 9.47 Å². The van der Waals surface area contributed by atoms with Gasteiger partial charge in [-0.25, -0.2) is 4.79 Å². The van der Waals surface area contributed by atoms with Crippen molar-refractivity contribution in [1.29, 1.82) is 0 Å². The summed E-state index contributed by atoms with van der Waals surface area (Å²) in [6.07, 6.45) is 12.3. The van der Waals surface area contributed by atoms with Gasteiger partial charge in [0.15, 0.2) is 0 Å². The number of fused-ring (bicyclic) bond motifs is 4. The zero-order chi connectivity index (χ0) is 24.1. The van der Waals surface area contributed by atoms with Gasteiger partial charge in [-0.3, -0.25) is 4.79 Å². The summed E-state index contributed by atoms with van der Waals surface area (Å²) in [6.45, 7) is 13.9. The Bertz CT molecular complexity index is 1040. The average Bonchev–Trinajstić information content (AvgIpc) is 3.24. The molecule has 2 aliphatic heterocycles. The molecule has 4 nitrogen and oxygen atoms in total. The third-order valence-corrected chi connectivity index (χ3v) is 13.5. The van der Waals surface area contributed by atoms with Gasteiger partial charge in [0.25, 0.3) is 0 Å². The van der Waals surface area contributed by atoms with Crippen LogP contribution in [0.4, 0.5) is 0 Å². The average molecular weight is 467 g/mol. The summed E-state index contributed by atoms with van der Waals surface area (Å²) in [5.74, 6) is 1.72. The molecule has 0 aromatic heterocycles. The van der Waals surface area contributed by atoms with Gasteiger partial charge in [0.05, 0.1) is 6.10 Å². The van der Waals surface area contributed by atoms with Gasteiger partial charge in [0, 0.05) is 23.8 Å². The lowest BCUT2D eigenvalue weighted by Gasteiger charge is -2.62. The minimum absolute atomic E-state index is 0.153. The van der Waals surface area contributed by atoms with Crippen molar-refractivity contribution >= 4 is 11.8 Å². The fraction of sp³-hybridized carbons (Fsp3) is 0.867. The maximum Gasteiger partial charge on any atom is 0.336 e. The van der Waals surface area contributed by atoms with E-state index < -0.39 is 5.79 Å². The van der Waals surface area contributed by atoms with E-state index in [4.69, 9.17) is 9.47 Å². The molecule has 1 saturated heterocycles. The Labute approximate surface area is 204 Å². The highest BCUT2D eigenvalue weighted by Crippen LogP contribution is 2.89. The molecule has 0 amide bonds. The summed E-state index contributed by atoms with van der Waals surface area (Å²) in [4.78, 5) is 25.2. The highest BCUT2D eigenvalue weighted by Gasteiger charge is 2.83. The number of carbonyl (C=O) groups excluding carboxylic acids is 2. The van der Waals surface area contributed by atoms with Crippen molar-refractivity contribution in [3.8, 4) is 0 Å². The number of ether oxygens (including phenoxy) is 2. The van der Waals surface area contributed by atoms with Gasteiger partial charge >= 0.3 is 5.97 Å². The van der Waals surface area contributed by atoms with Crippen LogP contribution >= 0.6 is 0 Å². The van der Waals surface area contributed by atoms with E-state index in [1.807, 2.05) is 13.0 Å². The molecule has 0 radical (unpaired) electrons. The van der Waals surface area contributed by atoms with Gasteiger partial charge in [-0.1, -0.05) is 34.6 Å². The number of hydrogen-bond donors (Lipinski definition) is 0. The topological polar surface area (TPSA) is 52.6 Å². The molecule has 5 aliphatic carbocycles. The van der Waals surface area contributed by atoms with Crippen LogP contribution in [0.5, 0.6) is 0 Å². The fourth-order valence-corrected chi connectivity index (χ4v) is 12.0. The molecule has 7 rings (SSSR count). The second-order valence-electron chi connectivity index (χ2n) is 14.7. The van der Waals surface area contributed by atoms with Gasteiger partial charge in [-0.05, 0) is 103 Å². The molecule has 6 fully saturated rings. The van der Waals surface area contributed by atoms with Crippen molar-refractivity contribution in [2.75, 3.05) is 0 Å². The number of hydrogen-bond acceptors (Lipinski definition) is 4. The van der Waals surface area contributed by atoms with Gasteiger partial charge in [-0.15, -0.1) is 0 Å². The quantitative estimate of drug-likeness (QED) is 0.397. The van der Waals surface area contributed by atoms with Crippen LogP contribution in [0.15, 0.2) is 11.6 Å². The minimum Gasteiger partial charge on any atom is -0.426 e. The second kappa shape index (κ2) is 6.03. The highest BCUT2D eigenvalue weighted by atomic mass is 16.7. The monoisotopic (exact) mass is 466 g/mol. The Morgan fingerprint density at radius 1 is 0.912 bits per heavy atom. The Balaban J connectivity index is 1.25. The Morgan fingerprint density at radius 3 is 2.32 bits per heavy atom. The number of rotatable bonds is 0. The number of esters is 1. The summed E-state index contributed by atoms with van der Waals surface area (Å²) < 4.78 is 12.7. The lowest BCUT2D eigenvalue weighted by atomic mass is 9.42. The molecule has 0 N–H and O–H groups in total. The molecule has 34 heavy (non-hydrogen) atoms. The number of ketones is 1. The molecule has 5 saturated carbocycles. The molecule has 2 heterocycles. The molecule has 7 aliphatic rings. The molecule has 3 spiro atoms. The summed E-state index contributed by atoms with van der Waals surface area (Å²) in [5, 5.41) is 0. The maximum absolute atomic E-state index is 12.9. The zero-order valence-corrected chi connectivity index (χ0v) is 22.0. The van der Waals surface area contributed by atoms with E-state index in [9.17, 15) is 9.59 Å². The molecule has 0 aromatic rings. The summed E-state index contributed by atoms with van der Waals surface area (Å²) in [5.41, 5.74) is 1.87. The van der Waals surface area contributed by atoms with Crippen LogP contribution in [-0.2, 0) is 19.1 Å². The summed E-state index contributed by atoms with van der Waals surface area (Å²) >= 11 is 0. The van der Waals surface area contributed by atoms with E-state index in [2.05, 4.69) is 34.6 Å². The molecular formula is C30H42O4. The van der Waals surface area contributed by atoms with E-state index in [1.54, 1.807) is 0 Å². The predicted octanol–water partition coefficient (Wildman–Crippen LogP) is 6.23. The normalized spacial score (nSPS) is 58.8. The van der Waals surface area contributed by atoms with Crippen molar-refractivity contribution in [2.24, 2.45) is 50.7 Å². The van der Waals surface area contributed by atoms with E-state index in [0.717, 1.165) is 31.6 Å². The smallest absolute Gasteiger partial charge is 0.336 e. The third-order valence-electron chi connectivity index (χ3n) is 13.5. The van der Waals surface area contributed by atoms with Crippen LogP contribution in [0.3, 0.4) is 0 Å². The third kappa shape index (κ3) is 2.20. The van der Waals surface area contributed by atoms with E-state index in [1.165, 1.54) is 32.1 Å². The predicted molar refractivity (Wildman–Crippen MR) is 129 cm³/mol. The molecule has 10 atom stereocenters. The van der Waals surface area contributed by atoms with Crippen LogP contribution in [0.25, 0.3) is 0 Å². The number of Topliss-reactive ketones (excluding diaryl/α,β-unsaturated/α-hetero) is 1. The Kier molecular flexibility index (Phi) is 3.92. The lowest BCUT2D eigenvalue weighted by molar-refractivity contribution is -0.258. The Hall–Kier alpha value is -1.16. The standard InChI is InChI=1S/C30H42O4/c1-17-13-30(14-18(2)24(32)34-30)33-19-15-27(6)21-8-7-20-25(3,4)22(31)9-10-28(20)16-29(21,28)12-11-26(27,5)23(17)19/h14,17,19-21,23H,7-13,15-16H2,1-6H3/t17-,19-,20+,21+,23+,26-,27+,28-,29+,30-/m1/s1. The van der Waals surface area contributed by atoms with Crippen LogP contribution in [0.1, 0.15) is 99.3 Å². The van der Waals surface area contributed by atoms with E-state index >= 15 is 0 Å². The van der Waals surface area contributed by atoms with Crippen LogP contribution in [0.2, 0.25) is 0 Å².